The molecule has 0 amide bonds. The molecule has 274 valence electrons. The second-order valence-electron chi connectivity index (χ2n) is 14.0. The van der Waals surface area contributed by atoms with Crippen LogP contribution in [0.15, 0.2) is 60.2 Å². The molecule has 10 nitrogen and oxygen atoms in total. The van der Waals surface area contributed by atoms with E-state index in [1.165, 1.54) is 26.0 Å². The highest BCUT2D eigenvalue weighted by molar-refractivity contribution is 5.70. The van der Waals surface area contributed by atoms with Gasteiger partial charge in [0.2, 0.25) is 0 Å². The number of cyclic esters (lactones) is 1. The van der Waals surface area contributed by atoms with Crippen molar-refractivity contribution < 1.29 is 48.2 Å². The second-order valence-corrected chi connectivity index (χ2v) is 14.0. The number of allylic oxidation sites excluding steroid dienone is 2. The molecule has 3 rings (SSSR count). The standard InChI is InChI=1S/C38H56FNO9/c1-9-30(46-8)25(4)34-35(49-34)36(40-22-27-13-15-28(39)16-14-27)38(7,45)19-10-11-23(2)33-24(3)12-17-31(47-26(5)41)37(6,44)20-18-29(42)21-32(43)48-33/h10-17,19,24-25,29-31,33-36,40,42,44-45H,9,18,20-22H2,1-8H3/b17-12+,19-10+,23-11+/t24-,25+,29+,30-,31-,33-,34+,35-,36?,37+,38?/m0/s1. The Kier molecular flexibility index (Phi) is 14.7. The van der Waals surface area contributed by atoms with Gasteiger partial charge in [-0.3, -0.25) is 9.59 Å². The number of esters is 2. The molecule has 2 aliphatic rings. The van der Waals surface area contributed by atoms with E-state index in [0.717, 1.165) is 12.0 Å². The van der Waals surface area contributed by atoms with Gasteiger partial charge in [0.1, 0.15) is 29.7 Å². The van der Waals surface area contributed by atoms with E-state index in [-0.39, 0.29) is 49.3 Å². The summed E-state index contributed by atoms with van der Waals surface area (Å²) in [5, 5.41) is 36.8. The molecule has 2 heterocycles. The molecule has 1 aromatic rings. The number of hydrogen-bond donors (Lipinski definition) is 4. The van der Waals surface area contributed by atoms with Gasteiger partial charge in [-0.2, -0.15) is 0 Å². The smallest absolute Gasteiger partial charge is 0.309 e. The minimum absolute atomic E-state index is 0.0000528. The number of halogens is 1. The van der Waals surface area contributed by atoms with E-state index in [4.69, 9.17) is 18.9 Å². The molecule has 4 N–H and O–H groups in total. The third kappa shape index (κ3) is 11.8. The van der Waals surface area contributed by atoms with Crippen LogP contribution in [0.5, 0.6) is 0 Å². The third-order valence-electron chi connectivity index (χ3n) is 9.63. The zero-order valence-electron chi connectivity index (χ0n) is 30.1. The lowest BCUT2D eigenvalue weighted by atomic mass is 9.87. The van der Waals surface area contributed by atoms with Crippen LogP contribution in [0.1, 0.15) is 79.7 Å². The first-order valence-electron chi connectivity index (χ1n) is 17.2. The lowest BCUT2D eigenvalue weighted by Gasteiger charge is -2.32. The Balaban J connectivity index is 1.87. The van der Waals surface area contributed by atoms with E-state index < -0.39 is 53.4 Å². The quantitative estimate of drug-likeness (QED) is 0.0995. The summed E-state index contributed by atoms with van der Waals surface area (Å²) in [5.74, 6) is -1.79. The minimum atomic E-state index is -1.47. The van der Waals surface area contributed by atoms with Crippen LogP contribution in [0.25, 0.3) is 0 Å². The topological polar surface area (TPSA) is 147 Å². The fourth-order valence-electron chi connectivity index (χ4n) is 6.50. The average molecular weight is 690 g/mol. The van der Waals surface area contributed by atoms with E-state index in [1.807, 2.05) is 6.92 Å². The summed E-state index contributed by atoms with van der Waals surface area (Å²) in [4.78, 5) is 24.7. The van der Waals surface area contributed by atoms with Crippen LogP contribution >= 0.6 is 0 Å². The van der Waals surface area contributed by atoms with Crippen LogP contribution in [-0.4, -0.2) is 88.2 Å². The van der Waals surface area contributed by atoms with Gasteiger partial charge in [-0.1, -0.05) is 57.2 Å². The Labute approximate surface area is 290 Å². The Morgan fingerprint density at radius 2 is 1.90 bits per heavy atom. The molecule has 2 aliphatic heterocycles. The number of aliphatic hydroxyl groups is 3. The Morgan fingerprint density at radius 3 is 2.51 bits per heavy atom. The van der Waals surface area contributed by atoms with Crippen LogP contribution < -0.4 is 5.32 Å². The second kappa shape index (κ2) is 17.8. The highest BCUT2D eigenvalue weighted by Crippen LogP contribution is 2.39. The maximum atomic E-state index is 13.5. The number of carbonyl (C=O) groups excluding carboxylic acids is 2. The largest absolute Gasteiger partial charge is 0.457 e. The van der Waals surface area contributed by atoms with E-state index in [9.17, 15) is 29.3 Å². The number of nitrogens with one attached hydrogen (secondary N) is 1. The fourth-order valence-corrected chi connectivity index (χ4v) is 6.50. The first-order chi connectivity index (χ1) is 23.0. The Morgan fingerprint density at radius 1 is 1.22 bits per heavy atom. The molecule has 0 aromatic heterocycles. The Bertz CT molecular complexity index is 1320. The highest BCUT2D eigenvalue weighted by Gasteiger charge is 2.54. The zero-order valence-corrected chi connectivity index (χ0v) is 30.1. The number of carbonyl (C=O) groups is 2. The summed E-state index contributed by atoms with van der Waals surface area (Å²) < 4.78 is 36.6. The van der Waals surface area contributed by atoms with Gasteiger partial charge in [0.05, 0.1) is 36.4 Å². The number of ether oxygens (including phenoxy) is 4. The molecule has 11 heteroatoms. The molecule has 0 spiro atoms. The van der Waals surface area contributed by atoms with Gasteiger partial charge >= 0.3 is 11.9 Å². The van der Waals surface area contributed by atoms with Crippen molar-refractivity contribution in [1.82, 2.24) is 5.32 Å². The van der Waals surface area contributed by atoms with Crippen LogP contribution in [0.3, 0.4) is 0 Å². The molecule has 1 fully saturated rings. The van der Waals surface area contributed by atoms with Crippen LogP contribution in [-0.2, 0) is 35.1 Å². The van der Waals surface area contributed by atoms with Gasteiger partial charge in [-0.25, -0.2) is 4.39 Å². The highest BCUT2D eigenvalue weighted by atomic mass is 19.1. The van der Waals surface area contributed by atoms with Gasteiger partial charge in [-0.15, -0.1) is 0 Å². The lowest BCUT2D eigenvalue weighted by molar-refractivity contribution is -0.157. The van der Waals surface area contributed by atoms with Crippen molar-refractivity contribution in [2.45, 2.75) is 135 Å². The minimum Gasteiger partial charge on any atom is -0.457 e. The number of hydrogen-bond acceptors (Lipinski definition) is 10. The van der Waals surface area contributed by atoms with E-state index >= 15 is 0 Å². The number of methoxy groups -OCH3 is 1. The van der Waals surface area contributed by atoms with Crippen molar-refractivity contribution >= 4 is 11.9 Å². The van der Waals surface area contributed by atoms with E-state index in [1.54, 1.807) is 63.5 Å². The maximum absolute atomic E-state index is 13.5. The molecular formula is C38H56FNO9. The zero-order chi connectivity index (χ0) is 36.5. The molecule has 11 atom stereocenters. The normalized spacial score (nSPS) is 32.2. The Hall–Kier alpha value is -2.93. The van der Waals surface area contributed by atoms with Crippen molar-refractivity contribution in [3.8, 4) is 0 Å². The average Bonchev–Trinajstić information content (AvgIpc) is 3.81. The SMILES string of the molecule is CC[C@H](OC)[C@@H](C)[C@H]1O[C@@H]1C(NCc1ccc(F)cc1)C(C)(O)/C=C/C=C(\C)[C@@H]1OC(=O)C[C@H](O)CC[C@@](C)(O)[C@@H](OC(C)=O)/C=C/[C@@H]1C. The molecular weight excluding hydrogens is 633 g/mol. The molecule has 0 bridgehead atoms. The molecule has 1 saturated heterocycles. The molecule has 2 unspecified atom stereocenters. The fraction of sp³-hybridized carbons (Fsp3) is 0.632. The molecule has 0 saturated carbocycles. The number of benzene rings is 1. The van der Waals surface area contributed by atoms with Crippen molar-refractivity contribution in [3.63, 3.8) is 0 Å². The number of aliphatic hydroxyl groups excluding tert-OH is 1. The molecule has 1 aromatic carbocycles. The van der Waals surface area contributed by atoms with Gasteiger partial charge in [-0.05, 0) is 69.4 Å². The van der Waals surface area contributed by atoms with Gasteiger partial charge in [0, 0.05) is 32.4 Å². The summed E-state index contributed by atoms with van der Waals surface area (Å²) in [6, 6.07) is 5.64. The maximum Gasteiger partial charge on any atom is 0.309 e. The van der Waals surface area contributed by atoms with Crippen molar-refractivity contribution in [2.24, 2.45) is 11.8 Å². The van der Waals surface area contributed by atoms with Crippen molar-refractivity contribution in [1.29, 1.82) is 0 Å². The molecule has 0 aliphatic carbocycles. The molecule has 0 radical (unpaired) electrons. The van der Waals surface area contributed by atoms with E-state index in [2.05, 4.69) is 19.2 Å². The van der Waals surface area contributed by atoms with Crippen LogP contribution in [0.2, 0.25) is 0 Å². The monoisotopic (exact) mass is 689 g/mol. The summed E-state index contributed by atoms with van der Waals surface area (Å²) in [7, 11) is 1.68. The number of epoxide rings is 1. The predicted octanol–water partition coefficient (Wildman–Crippen LogP) is 4.70. The summed E-state index contributed by atoms with van der Waals surface area (Å²) in [6.07, 6.45) is 5.98. The summed E-state index contributed by atoms with van der Waals surface area (Å²) >= 11 is 0. The summed E-state index contributed by atoms with van der Waals surface area (Å²) in [5.41, 5.74) is -1.35. The summed E-state index contributed by atoms with van der Waals surface area (Å²) in [6.45, 7) is 12.6. The van der Waals surface area contributed by atoms with Crippen LogP contribution in [0, 0.1) is 17.7 Å². The number of rotatable bonds is 13. The first-order valence-corrected chi connectivity index (χ1v) is 17.2. The van der Waals surface area contributed by atoms with E-state index in [0.29, 0.717) is 12.1 Å². The van der Waals surface area contributed by atoms with Crippen LogP contribution in [0.4, 0.5) is 4.39 Å². The van der Waals surface area contributed by atoms with Crippen molar-refractivity contribution in [3.05, 3.63) is 71.6 Å². The van der Waals surface area contributed by atoms with Gasteiger partial charge in [0.25, 0.3) is 0 Å². The van der Waals surface area contributed by atoms with Crippen molar-refractivity contribution in [2.75, 3.05) is 7.11 Å². The van der Waals surface area contributed by atoms with Gasteiger partial charge < -0.3 is 39.6 Å². The molecule has 49 heavy (non-hydrogen) atoms. The lowest BCUT2D eigenvalue weighted by Crippen LogP contribution is -2.52. The van der Waals surface area contributed by atoms with Gasteiger partial charge in [0.15, 0.2) is 0 Å². The predicted molar refractivity (Wildman–Crippen MR) is 184 cm³/mol. The third-order valence-corrected chi connectivity index (χ3v) is 9.63. The first kappa shape index (κ1) is 40.5.